The van der Waals surface area contributed by atoms with Gasteiger partial charge >= 0.3 is 12.1 Å². The Hall–Kier alpha value is -2.11. The summed E-state index contributed by atoms with van der Waals surface area (Å²) in [4.78, 5) is 14.6. The molecular formula is C13H10F3NO2. The van der Waals surface area contributed by atoms with Crippen LogP contribution in [0.15, 0.2) is 24.3 Å². The first-order chi connectivity index (χ1) is 8.79. The minimum absolute atomic E-state index is 0.0177. The minimum Gasteiger partial charge on any atom is -0.481 e. The molecule has 1 heterocycles. The van der Waals surface area contributed by atoms with Gasteiger partial charge in [-0.25, -0.2) is 0 Å². The van der Waals surface area contributed by atoms with Crippen molar-refractivity contribution in [2.75, 3.05) is 0 Å². The van der Waals surface area contributed by atoms with Crippen LogP contribution in [0, 0.1) is 6.92 Å². The molecule has 2 rings (SSSR count). The summed E-state index contributed by atoms with van der Waals surface area (Å²) in [6.45, 7) is 1.52. The lowest BCUT2D eigenvalue weighted by Crippen LogP contribution is -2.08. The van der Waals surface area contributed by atoms with E-state index < -0.39 is 17.7 Å². The van der Waals surface area contributed by atoms with Gasteiger partial charge in [-0.05, 0) is 30.7 Å². The Kier molecular flexibility index (Phi) is 3.18. The van der Waals surface area contributed by atoms with Crippen molar-refractivity contribution in [1.82, 2.24) is 4.98 Å². The van der Waals surface area contributed by atoms with E-state index in [1.807, 2.05) is 0 Å². The normalized spacial score (nSPS) is 11.8. The van der Waals surface area contributed by atoms with Gasteiger partial charge < -0.3 is 5.11 Å². The summed E-state index contributed by atoms with van der Waals surface area (Å²) in [7, 11) is 0. The van der Waals surface area contributed by atoms with Crippen LogP contribution in [0.1, 0.15) is 16.8 Å². The molecular weight excluding hydrogens is 259 g/mol. The zero-order valence-corrected chi connectivity index (χ0v) is 9.95. The number of aliphatic carboxylic acids is 1. The molecule has 1 aromatic carbocycles. The van der Waals surface area contributed by atoms with E-state index in [1.165, 1.54) is 25.1 Å². The van der Waals surface area contributed by atoms with Gasteiger partial charge in [0.2, 0.25) is 0 Å². The zero-order valence-electron chi connectivity index (χ0n) is 9.95. The van der Waals surface area contributed by atoms with Crippen LogP contribution < -0.4 is 0 Å². The SMILES string of the molecule is Cc1cc(CC(=O)O)nc2cccc(C(F)(F)F)c12. The van der Waals surface area contributed by atoms with Crippen LogP contribution in [0.2, 0.25) is 0 Å². The number of carbonyl (C=O) groups is 1. The number of rotatable bonds is 2. The molecule has 0 saturated carbocycles. The number of hydrogen-bond acceptors (Lipinski definition) is 2. The van der Waals surface area contributed by atoms with Crippen molar-refractivity contribution < 1.29 is 23.1 Å². The number of fused-ring (bicyclic) bond motifs is 1. The maximum absolute atomic E-state index is 12.9. The number of alkyl halides is 3. The highest BCUT2D eigenvalue weighted by molar-refractivity contribution is 5.86. The molecule has 0 radical (unpaired) electrons. The first-order valence-corrected chi connectivity index (χ1v) is 5.47. The number of carboxylic acid groups (broad SMARTS) is 1. The first-order valence-electron chi connectivity index (χ1n) is 5.47. The number of carboxylic acids is 1. The van der Waals surface area contributed by atoms with E-state index in [0.29, 0.717) is 5.56 Å². The first kappa shape index (κ1) is 13.3. The van der Waals surface area contributed by atoms with Crippen molar-refractivity contribution in [2.24, 2.45) is 0 Å². The second-order valence-corrected chi connectivity index (χ2v) is 4.20. The quantitative estimate of drug-likeness (QED) is 0.910. The molecule has 3 nitrogen and oxygen atoms in total. The van der Waals surface area contributed by atoms with Gasteiger partial charge in [-0.3, -0.25) is 9.78 Å². The number of benzene rings is 1. The molecule has 0 spiro atoms. The van der Waals surface area contributed by atoms with Gasteiger partial charge in [-0.1, -0.05) is 6.07 Å². The summed E-state index contributed by atoms with van der Waals surface area (Å²) in [6, 6.07) is 5.09. The van der Waals surface area contributed by atoms with E-state index in [0.717, 1.165) is 6.07 Å². The van der Waals surface area contributed by atoms with Crippen LogP contribution in [0.5, 0.6) is 0 Å². The fraction of sp³-hybridized carbons (Fsp3) is 0.231. The highest BCUT2D eigenvalue weighted by atomic mass is 19.4. The van der Waals surface area contributed by atoms with Crippen molar-refractivity contribution in [3.05, 3.63) is 41.1 Å². The highest BCUT2D eigenvalue weighted by Crippen LogP contribution is 2.35. The van der Waals surface area contributed by atoms with Crippen LogP contribution in [-0.4, -0.2) is 16.1 Å². The number of hydrogen-bond donors (Lipinski definition) is 1. The summed E-state index contributed by atoms with van der Waals surface area (Å²) in [5, 5.41) is 8.71. The number of halogens is 3. The Balaban J connectivity index is 2.69. The smallest absolute Gasteiger partial charge is 0.417 e. The average Bonchev–Trinajstić information content (AvgIpc) is 2.25. The maximum atomic E-state index is 12.9. The van der Waals surface area contributed by atoms with Gasteiger partial charge in [0.1, 0.15) is 0 Å². The summed E-state index contributed by atoms with van der Waals surface area (Å²) in [5.41, 5.74) is 0.0222. The van der Waals surface area contributed by atoms with Crippen molar-refractivity contribution in [1.29, 1.82) is 0 Å². The molecule has 0 aliphatic rings. The van der Waals surface area contributed by atoms with Gasteiger partial charge in [0, 0.05) is 5.39 Å². The third-order valence-corrected chi connectivity index (χ3v) is 2.72. The van der Waals surface area contributed by atoms with E-state index in [-0.39, 0.29) is 23.0 Å². The molecule has 2 aromatic rings. The fourth-order valence-electron chi connectivity index (χ4n) is 2.04. The lowest BCUT2D eigenvalue weighted by Gasteiger charge is -2.12. The average molecular weight is 269 g/mol. The van der Waals surface area contributed by atoms with Gasteiger partial charge in [0.15, 0.2) is 0 Å². The number of pyridine rings is 1. The van der Waals surface area contributed by atoms with Crippen LogP contribution in [-0.2, 0) is 17.4 Å². The monoisotopic (exact) mass is 269 g/mol. The van der Waals surface area contributed by atoms with Crippen LogP contribution in [0.25, 0.3) is 10.9 Å². The van der Waals surface area contributed by atoms with Crippen molar-refractivity contribution >= 4 is 16.9 Å². The topological polar surface area (TPSA) is 50.2 Å². The van der Waals surface area contributed by atoms with E-state index in [1.54, 1.807) is 0 Å². The molecule has 0 aliphatic carbocycles. The Bertz CT molecular complexity index is 650. The summed E-state index contributed by atoms with van der Waals surface area (Å²) in [6.07, 6.45) is -4.77. The third kappa shape index (κ3) is 2.67. The predicted octanol–water partition coefficient (Wildman–Crippen LogP) is 3.19. The summed E-state index contributed by atoms with van der Waals surface area (Å²) < 4.78 is 38.7. The summed E-state index contributed by atoms with van der Waals surface area (Å²) >= 11 is 0. The molecule has 1 N–H and O–H groups in total. The minimum atomic E-state index is -4.46. The second kappa shape index (κ2) is 4.53. The predicted molar refractivity (Wildman–Crippen MR) is 62.8 cm³/mol. The van der Waals surface area contributed by atoms with Gasteiger partial charge in [-0.2, -0.15) is 13.2 Å². The maximum Gasteiger partial charge on any atom is 0.417 e. The number of nitrogens with zero attached hydrogens (tertiary/aromatic N) is 1. The van der Waals surface area contributed by atoms with Crippen molar-refractivity contribution in [3.63, 3.8) is 0 Å². The molecule has 0 saturated heterocycles. The number of aromatic nitrogens is 1. The largest absolute Gasteiger partial charge is 0.481 e. The molecule has 1 aromatic heterocycles. The van der Waals surface area contributed by atoms with Crippen molar-refractivity contribution in [2.45, 2.75) is 19.5 Å². The molecule has 100 valence electrons. The van der Waals surface area contributed by atoms with Crippen molar-refractivity contribution in [3.8, 4) is 0 Å². The van der Waals surface area contributed by atoms with E-state index in [4.69, 9.17) is 5.11 Å². The zero-order chi connectivity index (χ0) is 14.2. The Labute approximate surface area is 106 Å². The fourth-order valence-corrected chi connectivity index (χ4v) is 2.04. The van der Waals surface area contributed by atoms with Crippen LogP contribution in [0.4, 0.5) is 13.2 Å². The van der Waals surface area contributed by atoms with E-state index in [9.17, 15) is 18.0 Å². The molecule has 0 fully saturated rings. The van der Waals surface area contributed by atoms with E-state index in [2.05, 4.69) is 4.98 Å². The van der Waals surface area contributed by atoms with Crippen LogP contribution >= 0.6 is 0 Å². The molecule has 19 heavy (non-hydrogen) atoms. The number of aryl methyl sites for hydroxylation is 1. The lowest BCUT2D eigenvalue weighted by atomic mass is 10.0. The molecule has 0 bridgehead atoms. The Morgan fingerprint density at radius 2 is 2.05 bits per heavy atom. The summed E-state index contributed by atoms with van der Waals surface area (Å²) in [5.74, 6) is -1.07. The highest BCUT2D eigenvalue weighted by Gasteiger charge is 2.33. The standard InChI is InChI=1S/C13H10F3NO2/c1-7-5-8(6-11(18)19)17-10-4-2-3-9(12(7)10)13(14,15)16/h2-5H,6H2,1H3,(H,18,19). The van der Waals surface area contributed by atoms with Crippen LogP contribution in [0.3, 0.4) is 0 Å². The van der Waals surface area contributed by atoms with Gasteiger partial charge in [0.25, 0.3) is 0 Å². The molecule has 0 aliphatic heterocycles. The van der Waals surface area contributed by atoms with Gasteiger partial charge in [-0.15, -0.1) is 0 Å². The second-order valence-electron chi connectivity index (χ2n) is 4.20. The molecule has 0 atom stereocenters. The molecule has 6 heteroatoms. The molecule has 0 amide bonds. The lowest BCUT2D eigenvalue weighted by molar-refractivity contribution is -0.137. The molecule has 0 unspecified atom stereocenters. The Morgan fingerprint density at radius 1 is 1.37 bits per heavy atom. The third-order valence-electron chi connectivity index (χ3n) is 2.72. The van der Waals surface area contributed by atoms with E-state index >= 15 is 0 Å². The van der Waals surface area contributed by atoms with Gasteiger partial charge in [0.05, 0.1) is 23.2 Å². The Morgan fingerprint density at radius 3 is 2.63 bits per heavy atom.